The van der Waals surface area contributed by atoms with E-state index in [1.807, 2.05) is 12.1 Å². The highest BCUT2D eigenvalue weighted by Crippen LogP contribution is 2.55. The van der Waals surface area contributed by atoms with Gasteiger partial charge in [-0.25, -0.2) is 0 Å². The van der Waals surface area contributed by atoms with Crippen LogP contribution in [0.2, 0.25) is 0 Å². The fourth-order valence-corrected chi connectivity index (χ4v) is 6.46. The van der Waals surface area contributed by atoms with Crippen molar-refractivity contribution in [2.45, 2.75) is 56.9 Å². The predicted molar refractivity (Wildman–Crippen MR) is 109 cm³/mol. The lowest BCUT2D eigenvalue weighted by Crippen LogP contribution is -2.59. The molecule has 4 saturated carbocycles. The van der Waals surface area contributed by atoms with E-state index in [0.29, 0.717) is 0 Å². The number of amides is 1. The van der Waals surface area contributed by atoms with E-state index in [2.05, 4.69) is 47.8 Å². The summed E-state index contributed by atoms with van der Waals surface area (Å²) < 4.78 is 0. The maximum atomic E-state index is 13.3. The zero-order chi connectivity index (χ0) is 18.3. The van der Waals surface area contributed by atoms with Crippen molar-refractivity contribution in [3.05, 3.63) is 71.3 Å². The van der Waals surface area contributed by atoms with E-state index in [4.69, 9.17) is 0 Å². The lowest BCUT2D eigenvalue weighted by atomic mass is 9.53. The van der Waals surface area contributed by atoms with E-state index in [1.54, 1.807) is 0 Å². The second-order valence-corrected chi connectivity index (χ2v) is 9.29. The Morgan fingerprint density at radius 1 is 0.815 bits per heavy atom. The molecule has 0 spiro atoms. The molecule has 2 heteroatoms. The molecule has 4 aliphatic carbocycles. The van der Waals surface area contributed by atoms with Gasteiger partial charge in [-0.1, -0.05) is 48.5 Å². The van der Waals surface area contributed by atoms with Crippen molar-refractivity contribution in [3.63, 3.8) is 0 Å². The summed E-state index contributed by atoms with van der Waals surface area (Å²) in [5, 5.41) is 3.54. The molecular weight excluding hydrogens is 330 g/mol. The van der Waals surface area contributed by atoms with Crippen molar-refractivity contribution >= 4 is 5.91 Å². The molecule has 0 heterocycles. The van der Waals surface area contributed by atoms with Crippen LogP contribution in [0.1, 0.15) is 60.0 Å². The largest absolute Gasteiger partial charge is 0.347 e. The Morgan fingerprint density at radius 3 is 2.07 bits per heavy atom. The van der Waals surface area contributed by atoms with Crippen molar-refractivity contribution in [3.8, 4) is 0 Å². The molecule has 4 fully saturated rings. The summed E-state index contributed by atoms with van der Waals surface area (Å²) in [5.41, 5.74) is 3.46. The molecule has 4 aliphatic rings. The number of hydrogen-bond donors (Lipinski definition) is 1. The van der Waals surface area contributed by atoms with Crippen molar-refractivity contribution in [1.82, 2.24) is 5.32 Å². The first-order valence-electron chi connectivity index (χ1n) is 10.6. The summed E-state index contributed by atoms with van der Waals surface area (Å²) in [4.78, 5) is 13.3. The summed E-state index contributed by atoms with van der Waals surface area (Å²) in [6.45, 7) is 0. The molecule has 1 N–H and O–H groups in total. The van der Waals surface area contributed by atoms with Gasteiger partial charge >= 0.3 is 0 Å². The molecule has 140 valence electrons. The molecule has 2 aromatic rings. The zero-order valence-electron chi connectivity index (χ0n) is 16.0. The summed E-state index contributed by atoms with van der Waals surface area (Å²) in [6, 6.07) is 18.7. The molecule has 0 unspecified atom stereocenters. The van der Waals surface area contributed by atoms with Gasteiger partial charge in [-0.15, -0.1) is 0 Å². The van der Waals surface area contributed by atoms with E-state index in [-0.39, 0.29) is 11.4 Å². The lowest BCUT2D eigenvalue weighted by Gasteiger charge is -2.56. The Bertz CT molecular complexity index is 790. The number of aryl methyl sites for hydroxylation is 2. The number of carbonyl (C=O) groups is 1. The van der Waals surface area contributed by atoms with Gasteiger partial charge in [0.05, 0.1) is 0 Å². The third-order valence-corrected chi connectivity index (χ3v) is 7.20. The number of carbonyl (C=O) groups excluding carboxylic acids is 1. The topological polar surface area (TPSA) is 29.1 Å². The molecule has 0 aromatic heterocycles. The third kappa shape index (κ3) is 3.42. The van der Waals surface area contributed by atoms with Crippen LogP contribution in [0.4, 0.5) is 0 Å². The summed E-state index contributed by atoms with van der Waals surface area (Å²) in [6.07, 6.45) is 9.72. The van der Waals surface area contributed by atoms with Crippen LogP contribution >= 0.6 is 0 Å². The maximum Gasteiger partial charge on any atom is 0.251 e. The second kappa shape index (κ2) is 6.82. The Labute approximate surface area is 162 Å². The van der Waals surface area contributed by atoms with Crippen molar-refractivity contribution in [2.24, 2.45) is 17.8 Å². The molecule has 27 heavy (non-hydrogen) atoms. The Balaban J connectivity index is 1.32. The van der Waals surface area contributed by atoms with Crippen LogP contribution in [0.5, 0.6) is 0 Å². The van der Waals surface area contributed by atoms with Gasteiger partial charge in [-0.3, -0.25) is 4.79 Å². The first-order chi connectivity index (χ1) is 13.2. The van der Waals surface area contributed by atoms with Crippen molar-refractivity contribution in [1.29, 1.82) is 0 Å². The van der Waals surface area contributed by atoms with Crippen LogP contribution in [0.3, 0.4) is 0 Å². The van der Waals surface area contributed by atoms with E-state index in [0.717, 1.165) is 36.2 Å². The van der Waals surface area contributed by atoms with Gasteiger partial charge in [0, 0.05) is 11.1 Å². The van der Waals surface area contributed by atoms with Gasteiger partial charge in [0.15, 0.2) is 0 Å². The van der Waals surface area contributed by atoms with E-state index in [9.17, 15) is 4.79 Å². The highest BCUT2D eigenvalue weighted by Gasteiger charge is 2.51. The summed E-state index contributed by atoms with van der Waals surface area (Å²) >= 11 is 0. The van der Waals surface area contributed by atoms with Crippen LogP contribution in [0, 0.1) is 17.8 Å². The molecule has 2 nitrogen and oxygen atoms in total. The SMILES string of the molecule is O=C(NC12CC3CC(CC(C3)C1)C2)c1ccccc1CCc1ccccc1. The summed E-state index contributed by atoms with van der Waals surface area (Å²) in [5.74, 6) is 2.71. The number of rotatable bonds is 5. The minimum atomic E-state index is 0.0817. The van der Waals surface area contributed by atoms with Gasteiger partial charge in [-0.2, -0.15) is 0 Å². The van der Waals surface area contributed by atoms with E-state index >= 15 is 0 Å². The van der Waals surface area contributed by atoms with E-state index in [1.165, 1.54) is 49.7 Å². The Hall–Kier alpha value is -2.09. The molecule has 0 radical (unpaired) electrons. The normalized spacial score (nSPS) is 31.0. The van der Waals surface area contributed by atoms with Crippen molar-refractivity contribution < 1.29 is 4.79 Å². The van der Waals surface area contributed by atoms with Crippen LogP contribution in [0.25, 0.3) is 0 Å². The third-order valence-electron chi connectivity index (χ3n) is 7.20. The quantitative estimate of drug-likeness (QED) is 0.784. The molecule has 0 saturated heterocycles. The Kier molecular flexibility index (Phi) is 4.30. The average molecular weight is 360 g/mol. The van der Waals surface area contributed by atoms with Gasteiger partial charge in [0.1, 0.15) is 0 Å². The van der Waals surface area contributed by atoms with Gasteiger partial charge in [-0.05, 0) is 86.3 Å². The van der Waals surface area contributed by atoms with Gasteiger partial charge in [0.25, 0.3) is 5.91 Å². The first kappa shape index (κ1) is 17.0. The molecule has 6 rings (SSSR count). The van der Waals surface area contributed by atoms with Crippen LogP contribution in [-0.4, -0.2) is 11.4 Å². The smallest absolute Gasteiger partial charge is 0.251 e. The van der Waals surface area contributed by atoms with Crippen LogP contribution < -0.4 is 5.32 Å². The van der Waals surface area contributed by atoms with Crippen LogP contribution in [-0.2, 0) is 12.8 Å². The fourth-order valence-electron chi connectivity index (χ4n) is 6.46. The minimum absolute atomic E-state index is 0.0817. The molecule has 0 aliphatic heterocycles. The molecule has 0 atom stereocenters. The molecule has 4 bridgehead atoms. The molecular formula is C25H29NO. The number of benzene rings is 2. The first-order valence-corrected chi connectivity index (χ1v) is 10.6. The zero-order valence-corrected chi connectivity index (χ0v) is 16.0. The maximum absolute atomic E-state index is 13.3. The second-order valence-electron chi connectivity index (χ2n) is 9.29. The number of hydrogen-bond acceptors (Lipinski definition) is 1. The average Bonchev–Trinajstić information content (AvgIpc) is 2.66. The standard InChI is InChI=1S/C25H29NO/c27-24(26-25-15-19-12-20(16-25)14-21(13-19)17-25)23-9-5-4-8-22(23)11-10-18-6-2-1-3-7-18/h1-9,19-21H,10-17H2,(H,26,27). The van der Waals surface area contributed by atoms with Crippen molar-refractivity contribution in [2.75, 3.05) is 0 Å². The summed E-state index contributed by atoms with van der Waals surface area (Å²) in [7, 11) is 0. The monoisotopic (exact) mass is 359 g/mol. The lowest BCUT2D eigenvalue weighted by molar-refractivity contribution is -0.0167. The molecule has 2 aromatic carbocycles. The fraction of sp³-hybridized carbons (Fsp3) is 0.480. The minimum Gasteiger partial charge on any atom is -0.347 e. The van der Waals surface area contributed by atoms with Crippen LogP contribution in [0.15, 0.2) is 54.6 Å². The predicted octanol–water partition coefficient (Wildman–Crippen LogP) is 5.17. The molecule has 1 amide bonds. The van der Waals surface area contributed by atoms with Gasteiger partial charge < -0.3 is 5.32 Å². The Morgan fingerprint density at radius 2 is 1.41 bits per heavy atom. The number of nitrogens with one attached hydrogen (secondary N) is 1. The highest BCUT2D eigenvalue weighted by molar-refractivity contribution is 5.96. The highest BCUT2D eigenvalue weighted by atomic mass is 16.1. The van der Waals surface area contributed by atoms with Gasteiger partial charge in [0.2, 0.25) is 0 Å². The van der Waals surface area contributed by atoms with E-state index < -0.39 is 0 Å².